The van der Waals surface area contributed by atoms with Gasteiger partial charge in [-0.1, -0.05) is 152 Å². The minimum absolute atomic E-state index is 0. The predicted octanol–water partition coefficient (Wildman–Crippen LogP) is 14.7. The van der Waals surface area contributed by atoms with Crippen LogP contribution in [-0.2, 0) is 32.9 Å². The van der Waals surface area contributed by atoms with Crippen LogP contribution in [0.15, 0.2) is 136 Å². The summed E-state index contributed by atoms with van der Waals surface area (Å²) < 4.78 is 12.7. The molecule has 0 saturated heterocycles. The molecular formula is C56H54IrN2O2Si-2. The maximum Gasteiger partial charge on any atom is 0.121 e. The van der Waals surface area contributed by atoms with Gasteiger partial charge in [0, 0.05) is 43.3 Å². The molecule has 3 fully saturated rings. The van der Waals surface area contributed by atoms with E-state index in [1.165, 1.54) is 66.0 Å². The van der Waals surface area contributed by atoms with Crippen molar-refractivity contribution in [3.05, 3.63) is 151 Å². The van der Waals surface area contributed by atoms with E-state index < -0.39 is 8.07 Å². The number of hydrogen-bond donors (Lipinski definition) is 0. The Morgan fingerprint density at radius 1 is 0.661 bits per heavy atom. The molecule has 4 heterocycles. The number of nitrogens with zero attached hydrogens (tertiary/aromatic N) is 2. The van der Waals surface area contributed by atoms with Crippen LogP contribution in [-0.4, -0.2) is 18.0 Å². The van der Waals surface area contributed by atoms with Crippen molar-refractivity contribution < 1.29 is 28.9 Å². The van der Waals surface area contributed by atoms with Crippen LogP contribution in [0.1, 0.15) is 57.1 Å². The summed E-state index contributed by atoms with van der Waals surface area (Å²) in [6.07, 6.45) is 13.5. The van der Waals surface area contributed by atoms with E-state index >= 15 is 0 Å². The second-order valence-corrected chi connectivity index (χ2v) is 24.1. The van der Waals surface area contributed by atoms with Crippen LogP contribution < -0.4 is 5.19 Å². The molecule has 4 aromatic heterocycles. The minimum atomic E-state index is -1.44. The zero-order valence-electron chi connectivity index (χ0n) is 36.4. The molecule has 4 nitrogen and oxygen atoms in total. The largest absolute Gasteiger partial charge is 0.501 e. The third-order valence-corrected chi connectivity index (χ3v) is 15.4. The maximum absolute atomic E-state index is 6.46. The first kappa shape index (κ1) is 42.2. The monoisotopic (exact) mass is 1010 g/mol. The Morgan fingerprint density at radius 2 is 1.32 bits per heavy atom. The Labute approximate surface area is 380 Å². The van der Waals surface area contributed by atoms with Gasteiger partial charge in [-0.3, -0.25) is 0 Å². The van der Waals surface area contributed by atoms with E-state index in [0.29, 0.717) is 5.92 Å². The molecule has 3 aliphatic carbocycles. The molecule has 62 heavy (non-hydrogen) atoms. The molecular weight excluding hydrogens is 953 g/mol. The third-order valence-electron chi connectivity index (χ3n) is 13.3. The maximum atomic E-state index is 6.46. The average molecular weight is 1010 g/mol. The number of benzene rings is 5. The zero-order valence-corrected chi connectivity index (χ0v) is 39.8. The third kappa shape index (κ3) is 8.38. The molecule has 5 aromatic carbocycles. The molecule has 1 atom stereocenters. The Kier molecular flexibility index (Phi) is 11.9. The van der Waals surface area contributed by atoms with Gasteiger partial charge in [-0.05, 0) is 102 Å². The van der Waals surface area contributed by atoms with Gasteiger partial charge < -0.3 is 18.8 Å². The number of fused-ring (bicyclic) bond motifs is 9. The van der Waals surface area contributed by atoms with Gasteiger partial charge in [0.05, 0.1) is 19.2 Å². The molecule has 3 saturated carbocycles. The number of aromatic nitrogens is 2. The van der Waals surface area contributed by atoms with Gasteiger partial charge in [0.15, 0.2) is 0 Å². The van der Waals surface area contributed by atoms with Gasteiger partial charge in [0.2, 0.25) is 0 Å². The van der Waals surface area contributed by atoms with E-state index in [0.717, 1.165) is 90.6 Å². The van der Waals surface area contributed by atoms with Crippen molar-refractivity contribution in [3.63, 3.8) is 0 Å². The minimum Gasteiger partial charge on any atom is -0.501 e. The quantitative estimate of drug-likeness (QED) is 0.112. The van der Waals surface area contributed by atoms with Crippen molar-refractivity contribution >= 4 is 57.1 Å². The first-order chi connectivity index (χ1) is 29.7. The van der Waals surface area contributed by atoms with E-state index in [-0.39, 0.29) is 20.1 Å². The van der Waals surface area contributed by atoms with Crippen molar-refractivity contribution in [1.82, 2.24) is 9.97 Å². The van der Waals surface area contributed by atoms with Crippen LogP contribution in [0.3, 0.4) is 0 Å². The molecule has 1 radical (unpaired) electrons. The Balaban J connectivity index is 0.000000160. The molecule has 3 aliphatic rings. The van der Waals surface area contributed by atoms with Crippen molar-refractivity contribution in [2.24, 2.45) is 23.7 Å². The number of para-hydroxylation sites is 1. The van der Waals surface area contributed by atoms with Crippen LogP contribution in [0, 0.1) is 35.8 Å². The molecule has 0 N–H and O–H groups in total. The first-order valence-corrected chi connectivity index (χ1v) is 25.9. The summed E-state index contributed by atoms with van der Waals surface area (Å²) in [7, 11) is -1.44. The van der Waals surface area contributed by atoms with Gasteiger partial charge in [-0.15, -0.1) is 36.4 Å². The van der Waals surface area contributed by atoms with Gasteiger partial charge >= 0.3 is 0 Å². The fourth-order valence-electron chi connectivity index (χ4n) is 10.3. The molecule has 0 aliphatic heterocycles. The fraction of sp³-hybridized carbons (Fsp3) is 0.286. The smallest absolute Gasteiger partial charge is 0.121 e. The fourth-order valence-corrected chi connectivity index (χ4v) is 11.9. The van der Waals surface area contributed by atoms with E-state index in [1.54, 1.807) is 0 Å². The standard InChI is InChI=1S/C32H28NO.C24H26NOSi.Ir/c1-2-5-23(6-3-1)25-13-14-27-28-7-4-8-29(32(28)34-31(27)20-25)30-19-22(15-16-33-30)18-26-17-21-9-11-24(26)12-10-21;1-16(2)13-17-14-21(25-15-23(17)27(3,4)5)20-11-8-10-19-18-9-6-7-12-22(18)26-24(19)20;/h1-7,13-16,19-21,24,26H,9-12,17-18H2;6-10,12,14-16H,13H2,1-5H3;/q2*-1;. The molecule has 315 valence electrons. The van der Waals surface area contributed by atoms with Crippen LogP contribution in [0.2, 0.25) is 19.6 Å². The first-order valence-electron chi connectivity index (χ1n) is 22.4. The summed E-state index contributed by atoms with van der Waals surface area (Å²) in [4.78, 5) is 9.59. The summed E-state index contributed by atoms with van der Waals surface area (Å²) in [6.45, 7) is 11.7. The number of pyridine rings is 2. The van der Waals surface area contributed by atoms with Crippen molar-refractivity contribution in [1.29, 1.82) is 0 Å². The molecule has 2 bridgehead atoms. The van der Waals surface area contributed by atoms with Gasteiger partial charge in [-0.2, -0.15) is 0 Å². The zero-order chi connectivity index (χ0) is 41.7. The Bertz CT molecular complexity index is 3010. The van der Waals surface area contributed by atoms with Gasteiger partial charge in [0.1, 0.15) is 11.2 Å². The van der Waals surface area contributed by atoms with Gasteiger partial charge in [-0.25, -0.2) is 0 Å². The molecule has 9 aromatic rings. The molecule has 6 heteroatoms. The Morgan fingerprint density at radius 3 is 2.00 bits per heavy atom. The van der Waals surface area contributed by atoms with E-state index in [1.807, 2.05) is 36.5 Å². The Hall–Kier alpha value is -5.13. The van der Waals surface area contributed by atoms with Crippen molar-refractivity contribution in [2.45, 2.75) is 78.4 Å². The van der Waals surface area contributed by atoms with Crippen LogP contribution in [0.5, 0.6) is 0 Å². The summed E-state index contributed by atoms with van der Waals surface area (Å²) in [5.41, 5.74) is 12.6. The number of rotatable bonds is 8. The van der Waals surface area contributed by atoms with Crippen molar-refractivity contribution in [2.75, 3.05) is 0 Å². The van der Waals surface area contributed by atoms with Crippen molar-refractivity contribution in [3.8, 4) is 33.6 Å². The van der Waals surface area contributed by atoms with E-state index in [2.05, 4.69) is 137 Å². The summed E-state index contributed by atoms with van der Waals surface area (Å²) in [5.74, 6) is 3.34. The van der Waals surface area contributed by atoms with E-state index in [4.69, 9.17) is 18.8 Å². The summed E-state index contributed by atoms with van der Waals surface area (Å²) in [6, 6.07) is 46.9. The molecule has 0 spiro atoms. The summed E-state index contributed by atoms with van der Waals surface area (Å²) >= 11 is 0. The predicted molar refractivity (Wildman–Crippen MR) is 256 cm³/mol. The molecule has 1 unspecified atom stereocenters. The average Bonchev–Trinajstić information content (AvgIpc) is 3.85. The van der Waals surface area contributed by atoms with E-state index in [9.17, 15) is 0 Å². The molecule has 0 amide bonds. The number of hydrogen-bond acceptors (Lipinski definition) is 4. The van der Waals surface area contributed by atoms with Crippen LogP contribution >= 0.6 is 0 Å². The summed E-state index contributed by atoms with van der Waals surface area (Å²) in [5, 5.41) is 5.99. The van der Waals surface area contributed by atoms with Crippen LogP contribution in [0.4, 0.5) is 0 Å². The second kappa shape index (κ2) is 17.6. The number of furan rings is 2. The normalized spacial score (nSPS) is 17.4. The SMILES string of the molecule is CC(C)Cc1cc(-c2[c-]ccc3c2oc2ccccc23)ncc1[Si](C)(C)C.[Ir].[c-]1ccc2c(oc3cc(-c4ccccc4)ccc32)c1-c1cc(CC2CC3CCC2CC3)ccn1. The molecule has 12 rings (SSSR count). The van der Waals surface area contributed by atoms with Gasteiger partial charge in [0.25, 0.3) is 0 Å². The topological polar surface area (TPSA) is 52.1 Å². The second-order valence-electron chi connectivity index (χ2n) is 19.1. The van der Waals surface area contributed by atoms with Crippen LogP contribution in [0.25, 0.3) is 77.5 Å².